The molecule has 6 rings (SSSR count). The van der Waals surface area contributed by atoms with Crippen molar-refractivity contribution in [2.24, 2.45) is 9.98 Å². The summed E-state index contributed by atoms with van der Waals surface area (Å²) in [4.78, 5) is 26.8. The average molecular weight is 510 g/mol. The van der Waals surface area contributed by atoms with E-state index in [0.717, 1.165) is 42.7 Å². The fourth-order valence-electron chi connectivity index (χ4n) is 4.97. The Kier molecular flexibility index (Phi) is 6.71. The molecule has 4 aromatic rings. The van der Waals surface area contributed by atoms with Crippen molar-refractivity contribution in [3.05, 3.63) is 102 Å². The molecule has 1 aromatic heterocycles. The molecule has 1 amide bonds. The Morgan fingerprint density at radius 3 is 2.45 bits per heavy atom. The molecule has 1 N–H and O–H groups in total. The minimum absolute atomic E-state index is 0.163. The molecule has 3 aromatic carbocycles. The number of amides is 1. The van der Waals surface area contributed by atoms with Crippen molar-refractivity contribution in [3.63, 3.8) is 0 Å². The molecule has 3 heterocycles. The summed E-state index contributed by atoms with van der Waals surface area (Å²) in [6, 6.07) is 26.0. The predicted octanol–water partition coefficient (Wildman–Crippen LogP) is 4.80. The van der Waals surface area contributed by atoms with E-state index in [-0.39, 0.29) is 30.3 Å². The van der Waals surface area contributed by atoms with Gasteiger partial charge in [-0.05, 0) is 42.0 Å². The van der Waals surface area contributed by atoms with Gasteiger partial charge in [-0.15, -0.1) is 0 Å². The lowest BCUT2D eigenvalue weighted by molar-refractivity contribution is -0.120. The highest BCUT2D eigenvalue weighted by molar-refractivity contribution is 6.11. The summed E-state index contributed by atoms with van der Waals surface area (Å²) in [5, 5.41) is 3.88. The molecule has 7 nitrogen and oxygen atoms in total. The second-order valence-corrected chi connectivity index (χ2v) is 9.58. The highest BCUT2D eigenvalue weighted by Crippen LogP contribution is 2.29. The van der Waals surface area contributed by atoms with Crippen LogP contribution in [0.4, 0.5) is 10.1 Å². The number of carbonyl (C=O) groups is 1. The van der Waals surface area contributed by atoms with E-state index in [2.05, 4.69) is 32.2 Å². The molecule has 0 aliphatic carbocycles. The Morgan fingerprint density at radius 1 is 0.947 bits per heavy atom. The van der Waals surface area contributed by atoms with Gasteiger partial charge in [0, 0.05) is 43.7 Å². The van der Waals surface area contributed by atoms with Crippen LogP contribution in [0.5, 0.6) is 0 Å². The molecule has 38 heavy (non-hydrogen) atoms. The highest BCUT2D eigenvalue weighted by Gasteiger charge is 2.25. The maximum atomic E-state index is 13.6. The van der Waals surface area contributed by atoms with Crippen molar-refractivity contribution in [1.29, 1.82) is 0 Å². The van der Waals surface area contributed by atoms with E-state index >= 15 is 0 Å². The van der Waals surface area contributed by atoms with Crippen molar-refractivity contribution in [3.8, 4) is 0 Å². The first-order chi connectivity index (χ1) is 18.6. The fourth-order valence-corrected chi connectivity index (χ4v) is 4.97. The SMILES string of the molecule is O=C(CN1CCN(c2ccccc2)CC1)NC1=NC(c2ccc(F)cc2)CC(c2cc3ccccc3o2)=N1. The van der Waals surface area contributed by atoms with Gasteiger partial charge >= 0.3 is 0 Å². The predicted molar refractivity (Wildman–Crippen MR) is 147 cm³/mol. The van der Waals surface area contributed by atoms with Crippen molar-refractivity contribution in [2.75, 3.05) is 37.6 Å². The molecule has 1 unspecified atom stereocenters. The third-order valence-corrected chi connectivity index (χ3v) is 6.98. The molecule has 0 spiro atoms. The van der Waals surface area contributed by atoms with E-state index in [1.54, 1.807) is 12.1 Å². The molecule has 0 saturated carbocycles. The van der Waals surface area contributed by atoms with E-state index in [4.69, 9.17) is 9.41 Å². The maximum absolute atomic E-state index is 13.6. The van der Waals surface area contributed by atoms with Crippen LogP contribution in [0.2, 0.25) is 0 Å². The molecular weight excluding hydrogens is 481 g/mol. The molecular formula is C30H28FN5O2. The number of fused-ring (bicyclic) bond motifs is 1. The number of furan rings is 1. The van der Waals surface area contributed by atoms with E-state index in [0.29, 0.717) is 17.9 Å². The molecule has 0 bridgehead atoms. The number of halogens is 1. The third kappa shape index (κ3) is 5.35. The topological polar surface area (TPSA) is 73.4 Å². The summed E-state index contributed by atoms with van der Waals surface area (Å²) in [5.74, 6) is 0.413. The van der Waals surface area contributed by atoms with Crippen LogP contribution in [0.1, 0.15) is 23.8 Å². The Bertz CT molecular complexity index is 1460. The zero-order valence-electron chi connectivity index (χ0n) is 20.9. The monoisotopic (exact) mass is 509 g/mol. The van der Waals surface area contributed by atoms with Gasteiger partial charge in [-0.2, -0.15) is 0 Å². The number of para-hydroxylation sites is 2. The second kappa shape index (κ2) is 10.6. The number of guanidine groups is 1. The van der Waals surface area contributed by atoms with Gasteiger partial charge in [0.05, 0.1) is 18.3 Å². The van der Waals surface area contributed by atoms with Crippen LogP contribution in [0.3, 0.4) is 0 Å². The van der Waals surface area contributed by atoms with Gasteiger partial charge in [-0.3, -0.25) is 15.0 Å². The molecule has 1 fully saturated rings. The second-order valence-electron chi connectivity index (χ2n) is 9.58. The van der Waals surface area contributed by atoms with Crippen LogP contribution in [0.15, 0.2) is 99.3 Å². The molecule has 1 saturated heterocycles. The Morgan fingerprint density at radius 2 is 1.68 bits per heavy atom. The van der Waals surface area contributed by atoms with Crippen LogP contribution in [0.25, 0.3) is 11.0 Å². The van der Waals surface area contributed by atoms with E-state index < -0.39 is 0 Å². The summed E-state index contributed by atoms with van der Waals surface area (Å²) >= 11 is 0. The standard InChI is InChI=1S/C30H28FN5O2/c31-23-12-10-21(11-13-23)25-19-26(28-18-22-6-4-5-9-27(22)38-28)33-30(32-25)34-29(37)20-35-14-16-36(17-15-35)24-7-2-1-3-8-24/h1-13,18,25H,14-17,19-20H2,(H,32,34,37). The number of nitrogens with zero attached hydrogens (tertiary/aromatic N) is 4. The van der Waals surface area contributed by atoms with Crippen LogP contribution in [-0.4, -0.2) is 55.2 Å². The van der Waals surface area contributed by atoms with Crippen LogP contribution < -0.4 is 10.2 Å². The number of aliphatic imine (C=N–C) groups is 2. The largest absolute Gasteiger partial charge is 0.455 e. The summed E-state index contributed by atoms with van der Waals surface area (Å²) in [5.41, 5.74) is 3.51. The summed E-state index contributed by atoms with van der Waals surface area (Å²) < 4.78 is 19.6. The molecule has 192 valence electrons. The minimum atomic E-state index is -0.318. The molecule has 8 heteroatoms. The van der Waals surface area contributed by atoms with Crippen molar-refractivity contribution >= 4 is 34.2 Å². The van der Waals surface area contributed by atoms with Gasteiger partial charge in [0.25, 0.3) is 0 Å². The summed E-state index contributed by atoms with van der Waals surface area (Å²) in [6.45, 7) is 3.57. The minimum Gasteiger partial charge on any atom is -0.455 e. The van der Waals surface area contributed by atoms with E-state index in [1.807, 2.05) is 48.5 Å². The number of anilines is 1. The number of benzene rings is 3. The number of piperazine rings is 1. The smallest absolute Gasteiger partial charge is 0.240 e. The number of hydrogen-bond donors (Lipinski definition) is 1. The molecule has 1 atom stereocenters. The van der Waals surface area contributed by atoms with Crippen LogP contribution >= 0.6 is 0 Å². The number of hydrogen-bond acceptors (Lipinski definition) is 6. The average Bonchev–Trinajstić information content (AvgIpc) is 3.39. The Balaban J connectivity index is 1.17. The van der Waals surface area contributed by atoms with Gasteiger partial charge in [0.1, 0.15) is 17.2 Å². The zero-order chi connectivity index (χ0) is 25.9. The van der Waals surface area contributed by atoms with E-state index in [1.165, 1.54) is 17.8 Å². The summed E-state index contributed by atoms with van der Waals surface area (Å²) in [7, 11) is 0. The zero-order valence-corrected chi connectivity index (χ0v) is 20.9. The van der Waals surface area contributed by atoms with Crippen molar-refractivity contribution in [2.45, 2.75) is 12.5 Å². The van der Waals surface area contributed by atoms with Crippen LogP contribution in [0, 0.1) is 5.82 Å². The molecule has 0 radical (unpaired) electrons. The van der Waals surface area contributed by atoms with Crippen molar-refractivity contribution in [1.82, 2.24) is 10.2 Å². The lowest BCUT2D eigenvalue weighted by Crippen LogP contribution is -2.50. The highest BCUT2D eigenvalue weighted by atomic mass is 19.1. The normalized spacial score (nSPS) is 18.2. The van der Waals surface area contributed by atoms with E-state index in [9.17, 15) is 9.18 Å². The molecule has 2 aliphatic heterocycles. The van der Waals surface area contributed by atoms with Crippen LogP contribution in [-0.2, 0) is 4.79 Å². The number of carbonyl (C=O) groups excluding carboxylic acids is 1. The maximum Gasteiger partial charge on any atom is 0.240 e. The fraction of sp³-hybridized carbons (Fsp3) is 0.233. The third-order valence-electron chi connectivity index (χ3n) is 6.98. The first kappa shape index (κ1) is 24.1. The Hall–Kier alpha value is -4.30. The van der Waals surface area contributed by atoms with Gasteiger partial charge in [-0.25, -0.2) is 14.4 Å². The lowest BCUT2D eigenvalue weighted by Gasteiger charge is -2.35. The first-order valence-corrected chi connectivity index (χ1v) is 12.8. The number of nitrogens with one attached hydrogen (secondary N) is 1. The van der Waals surface area contributed by atoms with Gasteiger partial charge in [0.15, 0.2) is 0 Å². The van der Waals surface area contributed by atoms with Crippen molar-refractivity contribution < 1.29 is 13.6 Å². The molecule has 2 aliphatic rings. The quantitative estimate of drug-likeness (QED) is 0.420. The van der Waals surface area contributed by atoms with Gasteiger partial charge in [0.2, 0.25) is 11.9 Å². The first-order valence-electron chi connectivity index (χ1n) is 12.8. The van der Waals surface area contributed by atoms with Gasteiger partial charge < -0.3 is 9.32 Å². The Labute approximate surface area is 220 Å². The van der Waals surface area contributed by atoms with Gasteiger partial charge in [-0.1, -0.05) is 48.5 Å². The lowest BCUT2D eigenvalue weighted by atomic mass is 9.99. The number of rotatable bonds is 5. The summed E-state index contributed by atoms with van der Waals surface area (Å²) in [6.07, 6.45) is 0.478.